The van der Waals surface area contributed by atoms with Gasteiger partial charge in [-0.2, -0.15) is 0 Å². The maximum absolute atomic E-state index is 2.34. The number of thiophene rings is 1. The van der Waals surface area contributed by atoms with E-state index in [2.05, 4.69) is 56.3 Å². The van der Waals surface area contributed by atoms with Crippen LogP contribution in [0.4, 0.5) is 0 Å². The van der Waals surface area contributed by atoms with E-state index in [1.54, 1.807) is 0 Å². The predicted octanol–water partition coefficient (Wildman–Crippen LogP) is 5.57. The van der Waals surface area contributed by atoms with Crippen molar-refractivity contribution >= 4 is 37.6 Å². The van der Waals surface area contributed by atoms with Gasteiger partial charge in [0.25, 0.3) is 0 Å². The van der Waals surface area contributed by atoms with E-state index in [4.69, 9.17) is 0 Å². The molecule has 2 aromatic carbocycles. The van der Waals surface area contributed by atoms with Crippen molar-refractivity contribution in [3.05, 3.63) is 53.1 Å². The lowest BCUT2D eigenvalue weighted by Gasteiger charge is -2.09. The minimum atomic E-state index is 0.557. The van der Waals surface area contributed by atoms with Gasteiger partial charge >= 0.3 is 0 Å². The van der Waals surface area contributed by atoms with Gasteiger partial charge < -0.3 is 0 Å². The molecule has 1 aliphatic rings. The van der Waals surface area contributed by atoms with Crippen LogP contribution in [0.25, 0.3) is 26.2 Å². The summed E-state index contributed by atoms with van der Waals surface area (Å²) in [5, 5.41) is 2.90. The first-order valence-corrected chi connectivity index (χ1v) is 7.19. The summed E-state index contributed by atoms with van der Waals surface area (Å²) < 4.78 is 2.82. The van der Waals surface area contributed by atoms with Crippen molar-refractivity contribution in [2.45, 2.75) is 19.8 Å². The first kappa shape index (κ1) is 10.3. The minimum Gasteiger partial charge on any atom is -0.135 e. The molecule has 88 valence electrons. The van der Waals surface area contributed by atoms with Gasteiger partial charge in [-0.25, -0.2) is 0 Å². The van der Waals surface area contributed by atoms with Crippen molar-refractivity contribution in [1.82, 2.24) is 0 Å². The first-order chi connectivity index (χ1) is 8.75. The highest BCUT2D eigenvalue weighted by atomic mass is 32.1. The molecule has 0 saturated heterocycles. The van der Waals surface area contributed by atoms with Gasteiger partial charge in [0.15, 0.2) is 0 Å². The van der Waals surface area contributed by atoms with Crippen molar-refractivity contribution in [1.29, 1.82) is 0 Å². The summed E-state index contributed by atoms with van der Waals surface area (Å²) >= 11 is 1.91. The zero-order chi connectivity index (χ0) is 12.3. The van der Waals surface area contributed by atoms with E-state index in [-0.39, 0.29) is 0 Å². The molecule has 0 saturated carbocycles. The molecule has 0 N–H and O–H groups in total. The van der Waals surface area contributed by atoms with Gasteiger partial charge in [-0.1, -0.05) is 42.8 Å². The number of hydrogen-bond donors (Lipinski definition) is 0. The van der Waals surface area contributed by atoms with Gasteiger partial charge in [-0.15, -0.1) is 11.3 Å². The van der Waals surface area contributed by atoms with Gasteiger partial charge in [0.2, 0.25) is 0 Å². The second-order valence-electron chi connectivity index (χ2n) is 5.15. The largest absolute Gasteiger partial charge is 0.135 e. The average Bonchev–Trinajstić information content (AvgIpc) is 2.88. The Balaban J connectivity index is 2.22. The number of benzene rings is 2. The van der Waals surface area contributed by atoms with Crippen LogP contribution in [-0.4, -0.2) is 0 Å². The van der Waals surface area contributed by atoms with Crippen LogP contribution in [0, 0.1) is 0 Å². The van der Waals surface area contributed by atoms with Crippen LogP contribution in [0.15, 0.2) is 42.0 Å². The molecule has 0 spiro atoms. The molecule has 0 bridgehead atoms. The number of rotatable bonds is 0. The summed E-state index contributed by atoms with van der Waals surface area (Å²) in [6.45, 7) is 4.56. The summed E-state index contributed by atoms with van der Waals surface area (Å²) in [6.07, 6.45) is 2.34. The molecular weight excluding hydrogens is 236 g/mol. The summed E-state index contributed by atoms with van der Waals surface area (Å²) in [7, 11) is 0. The maximum Gasteiger partial charge on any atom is 0.0358 e. The van der Waals surface area contributed by atoms with Crippen molar-refractivity contribution < 1.29 is 0 Å². The van der Waals surface area contributed by atoms with E-state index in [1.165, 1.54) is 36.9 Å². The van der Waals surface area contributed by atoms with Gasteiger partial charge in [0.05, 0.1) is 0 Å². The average molecular weight is 250 g/mol. The standard InChI is InChI=1S/C17H14S/c1-10-9-12-7-8-15-17(16(12)11(10)2)13-5-3-4-6-14(13)18-15/h3-9,11H,1-2H3. The molecule has 4 rings (SSSR count). The number of fused-ring (bicyclic) bond motifs is 5. The molecule has 0 radical (unpaired) electrons. The lowest BCUT2D eigenvalue weighted by atomic mass is 9.94. The Bertz CT molecular complexity index is 805. The summed E-state index contributed by atoms with van der Waals surface area (Å²) in [5.74, 6) is 0.557. The molecule has 1 aliphatic carbocycles. The quantitative estimate of drug-likeness (QED) is 0.489. The Morgan fingerprint density at radius 3 is 2.72 bits per heavy atom. The van der Waals surface area contributed by atoms with Gasteiger partial charge in [-0.05, 0) is 30.2 Å². The minimum absolute atomic E-state index is 0.557. The fourth-order valence-corrected chi connectivity index (χ4v) is 4.17. The van der Waals surface area contributed by atoms with Crippen LogP contribution in [0.5, 0.6) is 0 Å². The highest BCUT2D eigenvalue weighted by Gasteiger charge is 2.22. The Kier molecular flexibility index (Phi) is 1.98. The van der Waals surface area contributed by atoms with Gasteiger partial charge in [0.1, 0.15) is 0 Å². The topological polar surface area (TPSA) is 0 Å². The third-order valence-corrected chi connectivity index (χ3v) is 5.25. The van der Waals surface area contributed by atoms with Crippen LogP contribution in [0.3, 0.4) is 0 Å². The predicted molar refractivity (Wildman–Crippen MR) is 81.4 cm³/mol. The Morgan fingerprint density at radius 2 is 1.83 bits per heavy atom. The molecule has 1 heterocycles. The maximum atomic E-state index is 2.34. The third-order valence-electron chi connectivity index (χ3n) is 4.12. The fraction of sp³-hybridized carbons (Fsp3) is 0.176. The van der Waals surface area contributed by atoms with E-state index >= 15 is 0 Å². The molecule has 0 amide bonds. The van der Waals surface area contributed by atoms with E-state index in [0.29, 0.717) is 5.92 Å². The normalized spacial score (nSPS) is 18.3. The van der Waals surface area contributed by atoms with Crippen LogP contribution in [0.1, 0.15) is 30.9 Å². The molecular formula is C17H14S. The van der Waals surface area contributed by atoms with Crippen molar-refractivity contribution in [3.63, 3.8) is 0 Å². The third kappa shape index (κ3) is 1.20. The van der Waals surface area contributed by atoms with Crippen LogP contribution < -0.4 is 0 Å². The molecule has 3 aromatic rings. The van der Waals surface area contributed by atoms with Crippen LogP contribution in [-0.2, 0) is 0 Å². The number of allylic oxidation sites excluding steroid dienone is 1. The Labute approximate surface area is 111 Å². The second kappa shape index (κ2) is 3.46. The summed E-state index contributed by atoms with van der Waals surface area (Å²) in [5.41, 5.74) is 4.42. The Morgan fingerprint density at radius 1 is 1.00 bits per heavy atom. The lowest BCUT2D eigenvalue weighted by Crippen LogP contribution is -1.91. The highest BCUT2D eigenvalue weighted by molar-refractivity contribution is 7.25. The lowest BCUT2D eigenvalue weighted by molar-refractivity contribution is 0.932. The summed E-state index contributed by atoms with van der Waals surface area (Å²) in [6, 6.07) is 13.3. The second-order valence-corrected chi connectivity index (χ2v) is 6.23. The molecule has 1 aromatic heterocycles. The van der Waals surface area contributed by atoms with E-state index < -0.39 is 0 Å². The zero-order valence-corrected chi connectivity index (χ0v) is 11.3. The molecule has 18 heavy (non-hydrogen) atoms. The van der Waals surface area contributed by atoms with Crippen LogP contribution in [0.2, 0.25) is 0 Å². The molecule has 0 aliphatic heterocycles. The molecule has 0 fully saturated rings. The molecule has 1 unspecified atom stereocenters. The fourth-order valence-electron chi connectivity index (χ4n) is 3.05. The number of hydrogen-bond acceptors (Lipinski definition) is 1. The molecule has 1 heteroatoms. The first-order valence-electron chi connectivity index (χ1n) is 6.38. The smallest absolute Gasteiger partial charge is 0.0358 e. The van der Waals surface area contributed by atoms with E-state index in [0.717, 1.165) is 0 Å². The van der Waals surface area contributed by atoms with E-state index in [9.17, 15) is 0 Å². The van der Waals surface area contributed by atoms with E-state index in [1.807, 2.05) is 11.3 Å². The Hall–Kier alpha value is -1.60. The highest BCUT2D eigenvalue weighted by Crippen LogP contribution is 2.45. The molecule has 0 nitrogen and oxygen atoms in total. The van der Waals surface area contributed by atoms with Crippen molar-refractivity contribution in [2.75, 3.05) is 0 Å². The van der Waals surface area contributed by atoms with Crippen LogP contribution >= 0.6 is 11.3 Å². The van der Waals surface area contributed by atoms with Gasteiger partial charge in [-0.3, -0.25) is 0 Å². The summed E-state index contributed by atoms with van der Waals surface area (Å²) in [4.78, 5) is 0. The monoisotopic (exact) mass is 250 g/mol. The molecule has 1 atom stereocenters. The van der Waals surface area contributed by atoms with Crippen molar-refractivity contribution in [3.8, 4) is 0 Å². The van der Waals surface area contributed by atoms with Gasteiger partial charge in [0, 0.05) is 26.1 Å². The SMILES string of the molecule is CC1=Cc2ccc3sc4ccccc4c3c2C1C. The zero-order valence-electron chi connectivity index (χ0n) is 10.5. The van der Waals surface area contributed by atoms with Crippen molar-refractivity contribution in [2.24, 2.45) is 0 Å².